The maximum absolute atomic E-state index is 11.2. The number of hydrogen-bond acceptors (Lipinski definition) is 2. The van der Waals surface area contributed by atoms with E-state index in [1.54, 1.807) is 0 Å². The Kier molecular flexibility index (Phi) is 3.20. The van der Waals surface area contributed by atoms with Crippen LogP contribution in [0.15, 0.2) is 60.3 Å². The largest absolute Gasteiger partial charge is 0.384 e. The number of aliphatic hydroxyl groups is 1. The first kappa shape index (κ1) is 15.0. The van der Waals surface area contributed by atoms with Crippen LogP contribution in [-0.4, -0.2) is 28.7 Å². The molecule has 0 saturated carbocycles. The minimum atomic E-state index is -0.719. The molecule has 6 rings (SSSR count). The van der Waals surface area contributed by atoms with Crippen molar-refractivity contribution in [1.29, 1.82) is 0 Å². The van der Waals surface area contributed by atoms with Crippen molar-refractivity contribution in [3.8, 4) is 0 Å². The van der Waals surface area contributed by atoms with E-state index < -0.39 is 5.60 Å². The van der Waals surface area contributed by atoms with Gasteiger partial charge in [-0.2, -0.15) is 0 Å². The van der Waals surface area contributed by atoms with Crippen LogP contribution in [0.5, 0.6) is 0 Å². The highest BCUT2D eigenvalue weighted by Gasteiger charge is 2.45. The molecule has 3 aromatic carbocycles. The van der Waals surface area contributed by atoms with Gasteiger partial charge in [-0.1, -0.05) is 48.5 Å². The Bertz CT molecular complexity index is 993. The second-order valence-electron chi connectivity index (χ2n) is 7.67. The summed E-state index contributed by atoms with van der Waals surface area (Å²) in [5, 5.41) is 16.2. The fraction of sp³-hybridized carbons (Fsp3) is 0.304. The van der Waals surface area contributed by atoms with Gasteiger partial charge in [-0.15, -0.1) is 0 Å². The third kappa shape index (κ3) is 2.21. The maximum atomic E-state index is 11.2. The van der Waals surface area contributed by atoms with Crippen LogP contribution in [0.4, 0.5) is 0 Å². The Morgan fingerprint density at radius 2 is 1.60 bits per heavy atom. The molecule has 2 heteroatoms. The molecule has 25 heavy (non-hydrogen) atoms. The second-order valence-corrected chi connectivity index (χ2v) is 7.67. The molecule has 3 heterocycles. The number of nitrogens with zero attached hydrogens (tertiary/aromatic N) is 1. The van der Waals surface area contributed by atoms with E-state index >= 15 is 0 Å². The van der Waals surface area contributed by atoms with E-state index in [1.807, 2.05) is 6.92 Å². The molecule has 1 atom stereocenters. The molecule has 3 fully saturated rings. The van der Waals surface area contributed by atoms with E-state index in [2.05, 4.69) is 65.6 Å². The quantitative estimate of drug-likeness (QED) is 0.648. The zero-order chi connectivity index (χ0) is 17.0. The minimum Gasteiger partial charge on any atom is -0.384 e. The summed E-state index contributed by atoms with van der Waals surface area (Å²) in [5.74, 6) is 0.385. The fourth-order valence-corrected chi connectivity index (χ4v) is 4.80. The Balaban J connectivity index is 1.77. The summed E-state index contributed by atoms with van der Waals surface area (Å²) in [6.07, 6.45) is 4.44. The molecule has 3 aliphatic heterocycles. The van der Waals surface area contributed by atoms with Gasteiger partial charge in [-0.05, 0) is 64.9 Å². The molecule has 1 N–H and O–H groups in total. The Morgan fingerprint density at radius 1 is 0.960 bits per heavy atom. The van der Waals surface area contributed by atoms with Gasteiger partial charge in [0.1, 0.15) is 5.60 Å². The number of rotatable bonds is 1. The van der Waals surface area contributed by atoms with Crippen LogP contribution >= 0.6 is 0 Å². The van der Waals surface area contributed by atoms with Crippen LogP contribution in [-0.2, 0) is 0 Å². The molecule has 3 aromatic rings. The molecular formula is C23H23NO. The van der Waals surface area contributed by atoms with Gasteiger partial charge in [0.2, 0.25) is 0 Å². The van der Waals surface area contributed by atoms with E-state index in [0.29, 0.717) is 5.92 Å². The van der Waals surface area contributed by atoms with Gasteiger partial charge in [0.25, 0.3) is 0 Å². The summed E-state index contributed by atoms with van der Waals surface area (Å²) < 4.78 is 0. The normalized spacial score (nSPS) is 27.5. The highest BCUT2D eigenvalue weighted by Crippen LogP contribution is 2.44. The summed E-state index contributed by atoms with van der Waals surface area (Å²) in [6, 6.07) is 19.4. The van der Waals surface area contributed by atoms with E-state index in [1.165, 1.54) is 27.1 Å². The third-order valence-corrected chi connectivity index (χ3v) is 6.24. The predicted molar refractivity (Wildman–Crippen MR) is 104 cm³/mol. The van der Waals surface area contributed by atoms with Crippen molar-refractivity contribution in [2.24, 2.45) is 5.92 Å². The van der Waals surface area contributed by atoms with Gasteiger partial charge in [-0.3, -0.25) is 0 Å². The van der Waals surface area contributed by atoms with Crippen molar-refractivity contribution >= 4 is 27.6 Å². The van der Waals surface area contributed by atoms with Crippen molar-refractivity contribution in [3.63, 3.8) is 0 Å². The molecule has 0 aromatic heterocycles. The van der Waals surface area contributed by atoms with Gasteiger partial charge >= 0.3 is 0 Å². The number of hydrogen-bond donors (Lipinski definition) is 1. The highest BCUT2D eigenvalue weighted by molar-refractivity contribution is 6.10. The van der Waals surface area contributed by atoms with Crippen LogP contribution in [0.1, 0.15) is 25.3 Å². The summed E-state index contributed by atoms with van der Waals surface area (Å²) in [6.45, 7) is 4.13. The van der Waals surface area contributed by atoms with Crippen molar-refractivity contribution in [3.05, 3.63) is 65.9 Å². The van der Waals surface area contributed by atoms with Gasteiger partial charge in [0.15, 0.2) is 0 Å². The maximum Gasteiger partial charge on any atom is 0.104 e. The van der Waals surface area contributed by atoms with E-state index in [9.17, 15) is 5.11 Å². The molecule has 0 radical (unpaired) electrons. The predicted octanol–water partition coefficient (Wildman–Crippen LogP) is 4.81. The SMILES string of the molecule is CC1(O)C(=Cc2cc3ccccc3c3ccccc23)N2CCC1CC2. The Hall–Kier alpha value is -2.32. The molecule has 126 valence electrons. The van der Waals surface area contributed by atoms with Crippen molar-refractivity contribution in [1.82, 2.24) is 4.90 Å². The summed E-state index contributed by atoms with van der Waals surface area (Å²) >= 11 is 0. The first-order valence-electron chi connectivity index (χ1n) is 9.24. The summed E-state index contributed by atoms with van der Waals surface area (Å²) in [7, 11) is 0. The summed E-state index contributed by atoms with van der Waals surface area (Å²) in [5.41, 5.74) is 1.58. The first-order chi connectivity index (χ1) is 12.1. The van der Waals surface area contributed by atoms with Crippen molar-refractivity contribution in [2.75, 3.05) is 13.1 Å². The zero-order valence-electron chi connectivity index (χ0n) is 14.6. The average Bonchev–Trinajstić information content (AvgIpc) is 2.65. The lowest BCUT2D eigenvalue weighted by Crippen LogP contribution is -2.55. The smallest absolute Gasteiger partial charge is 0.104 e. The molecular weight excluding hydrogens is 306 g/mol. The monoisotopic (exact) mass is 329 g/mol. The average molecular weight is 329 g/mol. The molecule has 0 aliphatic carbocycles. The van der Waals surface area contributed by atoms with Crippen LogP contribution in [0.3, 0.4) is 0 Å². The zero-order valence-corrected chi connectivity index (χ0v) is 14.6. The van der Waals surface area contributed by atoms with Crippen molar-refractivity contribution < 1.29 is 5.11 Å². The van der Waals surface area contributed by atoms with E-state index in [4.69, 9.17) is 0 Å². The molecule has 3 aliphatic rings. The lowest BCUT2D eigenvalue weighted by molar-refractivity contribution is -0.0562. The van der Waals surface area contributed by atoms with Gasteiger partial charge in [0, 0.05) is 18.8 Å². The molecule has 0 spiro atoms. The molecule has 3 saturated heterocycles. The van der Waals surface area contributed by atoms with E-state index in [0.717, 1.165) is 31.6 Å². The molecule has 1 unspecified atom stereocenters. The van der Waals surface area contributed by atoms with Gasteiger partial charge < -0.3 is 10.0 Å². The lowest BCUT2D eigenvalue weighted by atomic mass is 9.73. The van der Waals surface area contributed by atoms with Gasteiger partial charge in [0.05, 0.1) is 0 Å². The molecule has 0 amide bonds. The topological polar surface area (TPSA) is 23.5 Å². The standard InChI is InChI=1S/C23H23NO/c1-23(25)18-10-12-24(13-11-18)22(23)15-17-14-16-6-2-3-7-19(16)21-9-5-4-8-20(17)21/h2-9,14-15,18,25H,10-13H2,1H3. The number of benzene rings is 3. The molecule has 2 bridgehead atoms. The lowest BCUT2D eigenvalue weighted by Gasteiger charge is -2.51. The van der Waals surface area contributed by atoms with Crippen LogP contribution in [0.2, 0.25) is 0 Å². The number of fused-ring (bicyclic) bond motifs is 6. The Morgan fingerprint density at radius 3 is 2.32 bits per heavy atom. The summed E-state index contributed by atoms with van der Waals surface area (Å²) in [4.78, 5) is 2.38. The first-order valence-corrected chi connectivity index (χ1v) is 9.24. The fourth-order valence-electron chi connectivity index (χ4n) is 4.80. The second kappa shape index (κ2) is 5.34. The number of piperidine rings is 3. The molecule has 2 nitrogen and oxygen atoms in total. The van der Waals surface area contributed by atoms with Crippen LogP contribution < -0.4 is 0 Å². The Labute approximate surface area is 148 Å². The van der Waals surface area contributed by atoms with Crippen LogP contribution in [0.25, 0.3) is 27.6 Å². The van der Waals surface area contributed by atoms with Crippen LogP contribution in [0, 0.1) is 5.92 Å². The van der Waals surface area contributed by atoms with Gasteiger partial charge in [-0.25, -0.2) is 0 Å². The third-order valence-electron chi connectivity index (χ3n) is 6.24. The van der Waals surface area contributed by atoms with Crippen molar-refractivity contribution in [2.45, 2.75) is 25.4 Å². The van der Waals surface area contributed by atoms with E-state index in [-0.39, 0.29) is 0 Å². The minimum absolute atomic E-state index is 0.385. The highest BCUT2D eigenvalue weighted by atomic mass is 16.3.